The van der Waals surface area contributed by atoms with Crippen LogP contribution in [0.2, 0.25) is 0 Å². The van der Waals surface area contributed by atoms with E-state index >= 15 is 0 Å². The molecule has 274 valence electrons. The van der Waals surface area contributed by atoms with Crippen molar-refractivity contribution in [3.63, 3.8) is 0 Å². The highest BCUT2D eigenvalue weighted by atomic mass is 32.2. The molecule has 1 fully saturated rings. The zero-order valence-electron chi connectivity index (χ0n) is 29.8. The normalized spacial score (nSPS) is 20.1. The molecule has 2 aliphatic rings. The number of carbonyl (C=O) groups is 3. The third kappa shape index (κ3) is 8.27. The lowest BCUT2D eigenvalue weighted by Crippen LogP contribution is -2.59. The van der Waals surface area contributed by atoms with Crippen LogP contribution in [0.25, 0.3) is 0 Å². The highest BCUT2D eigenvalue weighted by Gasteiger charge is 2.50. The lowest BCUT2D eigenvalue weighted by molar-refractivity contribution is -0.148. The first-order valence-corrected chi connectivity index (χ1v) is 18.4. The largest absolute Gasteiger partial charge is 0.483 e. The van der Waals surface area contributed by atoms with Crippen LogP contribution in [0.5, 0.6) is 5.75 Å². The molecule has 6 N–H and O–H groups in total. The molecule has 0 spiro atoms. The lowest BCUT2D eigenvalue weighted by atomic mass is 9.96. The fourth-order valence-electron chi connectivity index (χ4n) is 7.09. The summed E-state index contributed by atoms with van der Waals surface area (Å²) in [5, 5.41) is 31.6. The summed E-state index contributed by atoms with van der Waals surface area (Å²) in [5.74, 6) is -0.851. The molecule has 0 radical (unpaired) electrons. The number of benzene rings is 3. The maximum atomic E-state index is 14.1. The number of H-pyrrole nitrogens is 1. The SMILES string of the molecule is Cc1cc(NCc2cnc[nH]2)cc(C)c1OCC(=O)N[C@@H](Cc1ccccc1)[C@H](O)C(=O)N1CSC(C)(C)[C@H]1C(=O)N[C@H]1c2ccccc2C[C@H]1O. The number of ether oxygens (including phenoxy) is 1. The average Bonchev–Trinajstić information content (AvgIpc) is 3.83. The van der Waals surface area contributed by atoms with Crippen LogP contribution < -0.4 is 20.7 Å². The van der Waals surface area contributed by atoms with Gasteiger partial charge in [0.2, 0.25) is 5.91 Å². The van der Waals surface area contributed by atoms with Crippen LogP contribution in [-0.4, -0.2) is 84.3 Å². The van der Waals surface area contributed by atoms with Gasteiger partial charge in [-0.2, -0.15) is 0 Å². The van der Waals surface area contributed by atoms with Crippen LogP contribution in [0.4, 0.5) is 5.69 Å². The number of aliphatic hydroxyl groups is 2. The number of aliphatic hydroxyl groups excluding tert-OH is 2. The van der Waals surface area contributed by atoms with Gasteiger partial charge in [0.05, 0.1) is 42.6 Å². The fourth-order valence-corrected chi connectivity index (χ4v) is 8.23. The third-order valence-electron chi connectivity index (χ3n) is 9.70. The molecule has 3 aromatic carbocycles. The number of rotatable bonds is 13. The third-order valence-corrected chi connectivity index (χ3v) is 11.1. The number of aromatic nitrogens is 2. The van der Waals surface area contributed by atoms with Crippen molar-refractivity contribution in [3.05, 3.63) is 113 Å². The second kappa shape index (κ2) is 15.8. The second-order valence-electron chi connectivity index (χ2n) is 14.0. The molecular weight excluding hydrogens is 681 g/mol. The van der Waals surface area contributed by atoms with Gasteiger partial charge in [-0.1, -0.05) is 54.6 Å². The topological polar surface area (TPSA) is 169 Å². The molecule has 12 nitrogen and oxygen atoms in total. The van der Waals surface area contributed by atoms with E-state index < -0.39 is 52.8 Å². The molecule has 1 aromatic heterocycles. The van der Waals surface area contributed by atoms with Crippen molar-refractivity contribution in [2.24, 2.45) is 0 Å². The Labute approximate surface area is 307 Å². The molecule has 0 saturated carbocycles. The number of nitrogens with one attached hydrogen (secondary N) is 4. The number of thioether (sulfide) groups is 1. The van der Waals surface area contributed by atoms with Gasteiger partial charge in [-0.05, 0) is 74.1 Å². The number of amides is 3. The Hall–Kier alpha value is -4.85. The van der Waals surface area contributed by atoms with E-state index in [4.69, 9.17) is 4.74 Å². The summed E-state index contributed by atoms with van der Waals surface area (Å²) in [4.78, 5) is 49.9. The van der Waals surface area contributed by atoms with E-state index in [2.05, 4.69) is 25.9 Å². The number of aryl methyl sites for hydroxylation is 2. The van der Waals surface area contributed by atoms with E-state index in [1.54, 1.807) is 12.5 Å². The van der Waals surface area contributed by atoms with E-state index in [9.17, 15) is 24.6 Å². The number of anilines is 1. The maximum Gasteiger partial charge on any atom is 0.258 e. The lowest BCUT2D eigenvalue weighted by Gasteiger charge is -2.34. The number of aromatic amines is 1. The Morgan fingerprint density at radius 1 is 1.08 bits per heavy atom. The summed E-state index contributed by atoms with van der Waals surface area (Å²) in [6.07, 6.45) is 1.51. The minimum absolute atomic E-state index is 0.167. The van der Waals surface area contributed by atoms with Crippen LogP contribution in [-0.2, 0) is 33.8 Å². The molecule has 2 heterocycles. The Morgan fingerprint density at radius 2 is 1.79 bits per heavy atom. The Kier molecular flexibility index (Phi) is 11.2. The number of nitrogens with zero attached hydrogens (tertiary/aromatic N) is 2. The molecule has 5 atom stereocenters. The van der Waals surface area contributed by atoms with Gasteiger partial charge in [0.1, 0.15) is 11.8 Å². The molecular formula is C39H46N6O6S. The number of carbonyl (C=O) groups excluding carboxylic acids is 3. The summed E-state index contributed by atoms with van der Waals surface area (Å²) < 4.78 is 5.30. The van der Waals surface area contributed by atoms with Crippen LogP contribution in [0, 0.1) is 13.8 Å². The number of hydrogen-bond donors (Lipinski definition) is 6. The zero-order valence-corrected chi connectivity index (χ0v) is 30.6. The van der Waals surface area contributed by atoms with Crippen molar-refractivity contribution in [2.75, 3.05) is 17.8 Å². The first kappa shape index (κ1) is 36.9. The van der Waals surface area contributed by atoms with Crippen LogP contribution in [0.1, 0.15) is 53.4 Å². The molecule has 52 heavy (non-hydrogen) atoms. The van der Waals surface area contributed by atoms with E-state index in [-0.39, 0.29) is 18.9 Å². The highest BCUT2D eigenvalue weighted by Crippen LogP contribution is 2.41. The Balaban J connectivity index is 1.14. The van der Waals surface area contributed by atoms with Gasteiger partial charge in [-0.3, -0.25) is 14.4 Å². The monoisotopic (exact) mass is 726 g/mol. The number of fused-ring (bicyclic) bond motifs is 1. The quantitative estimate of drug-likeness (QED) is 0.121. The molecule has 1 aliphatic carbocycles. The Morgan fingerprint density at radius 3 is 2.50 bits per heavy atom. The summed E-state index contributed by atoms with van der Waals surface area (Å²) >= 11 is 1.43. The summed E-state index contributed by atoms with van der Waals surface area (Å²) in [6.45, 7) is 7.80. The van der Waals surface area contributed by atoms with E-state index in [1.165, 1.54) is 16.7 Å². The van der Waals surface area contributed by atoms with Crippen molar-refractivity contribution in [1.82, 2.24) is 25.5 Å². The van der Waals surface area contributed by atoms with E-state index in [0.717, 1.165) is 39.2 Å². The summed E-state index contributed by atoms with van der Waals surface area (Å²) in [5.41, 5.74) is 6.13. The average molecular weight is 727 g/mol. The summed E-state index contributed by atoms with van der Waals surface area (Å²) in [6, 6.07) is 18.2. The van der Waals surface area contributed by atoms with Gasteiger partial charge in [-0.15, -0.1) is 11.8 Å². The minimum Gasteiger partial charge on any atom is -0.483 e. The molecule has 4 aromatic rings. The zero-order chi connectivity index (χ0) is 37.0. The van der Waals surface area contributed by atoms with Crippen molar-refractivity contribution in [2.45, 2.75) is 82.2 Å². The second-order valence-corrected chi connectivity index (χ2v) is 15.6. The van der Waals surface area contributed by atoms with Crippen LogP contribution in [0.15, 0.2) is 79.3 Å². The van der Waals surface area contributed by atoms with Gasteiger partial charge < -0.3 is 40.8 Å². The highest BCUT2D eigenvalue weighted by molar-refractivity contribution is 8.00. The molecule has 0 bridgehead atoms. The molecule has 0 unspecified atom stereocenters. The predicted molar refractivity (Wildman–Crippen MR) is 200 cm³/mol. The number of imidazole rings is 1. The molecule has 1 aliphatic heterocycles. The van der Waals surface area contributed by atoms with E-state index in [0.29, 0.717) is 18.7 Å². The van der Waals surface area contributed by atoms with Crippen molar-refractivity contribution in [3.8, 4) is 5.75 Å². The minimum atomic E-state index is -1.66. The maximum absolute atomic E-state index is 14.1. The standard InChI is InChI=1S/C39H46N6O6S/c1-23-14-27(41-19-28-18-40-21-42-28)15-24(2)35(23)51-20-32(47)43-30(16-25-10-6-5-7-11-25)34(48)38(50)45-22-52-39(3,4)36(45)37(49)44-33-29-13-9-8-12-26(29)17-31(33)46/h5-15,18,21,30-31,33-34,36,41,46,48H,16-17,19-20,22H2,1-4H3,(H,40,42)(H,43,47)(H,44,49)/t30-,31+,33-,34-,36+/m0/s1. The van der Waals surface area contributed by atoms with Gasteiger partial charge in [0.15, 0.2) is 12.7 Å². The van der Waals surface area contributed by atoms with Gasteiger partial charge >= 0.3 is 0 Å². The first-order valence-electron chi connectivity index (χ1n) is 17.4. The molecule has 13 heteroatoms. The van der Waals surface area contributed by atoms with Crippen molar-refractivity contribution in [1.29, 1.82) is 0 Å². The number of hydrogen-bond acceptors (Lipinski definition) is 9. The van der Waals surface area contributed by atoms with Crippen LogP contribution >= 0.6 is 11.8 Å². The smallest absolute Gasteiger partial charge is 0.258 e. The first-order chi connectivity index (χ1) is 24.9. The Bertz CT molecular complexity index is 1860. The fraction of sp³-hybridized carbons (Fsp3) is 0.385. The van der Waals surface area contributed by atoms with Gasteiger partial charge in [-0.25, -0.2) is 4.98 Å². The molecule has 6 rings (SSSR count). The molecule has 3 amide bonds. The predicted octanol–water partition coefficient (Wildman–Crippen LogP) is 3.56. The van der Waals surface area contributed by atoms with Gasteiger partial charge in [0, 0.05) is 23.1 Å². The van der Waals surface area contributed by atoms with Crippen molar-refractivity contribution < 1.29 is 29.3 Å². The van der Waals surface area contributed by atoms with Crippen molar-refractivity contribution >= 4 is 35.2 Å². The van der Waals surface area contributed by atoms with E-state index in [1.807, 2.05) is 94.4 Å². The van der Waals surface area contributed by atoms with Gasteiger partial charge in [0.25, 0.3) is 11.8 Å². The molecule has 1 saturated heterocycles. The van der Waals surface area contributed by atoms with Crippen LogP contribution in [0.3, 0.4) is 0 Å². The summed E-state index contributed by atoms with van der Waals surface area (Å²) in [7, 11) is 0.